The number of carboxylic acid groups (broad SMARTS) is 1. The molecule has 0 spiro atoms. The molecule has 0 radical (unpaired) electrons. The molecule has 3 rings (SSSR count). The lowest BCUT2D eigenvalue weighted by atomic mass is 9.67. The molecule has 5 heteroatoms. The van der Waals surface area contributed by atoms with Crippen LogP contribution in [0, 0.1) is 11.3 Å². The Morgan fingerprint density at radius 2 is 2.00 bits per heavy atom. The lowest BCUT2D eigenvalue weighted by molar-refractivity contribution is -0.137. The van der Waals surface area contributed by atoms with Crippen LogP contribution < -0.4 is 0 Å². The van der Waals surface area contributed by atoms with Crippen LogP contribution in [0.3, 0.4) is 0 Å². The highest BCUT2D eigenvalue weighted by Gasteiger charge is 2.35. The molecule has 0 bridgehead atoms. The number of carboxylic acids is 1. The van der Waals surface area contributed by atoms with Gasteiger partial charge in [-0.25, -0.2) is 0 Å². The summed E-state index contributed by atoms with van der Waals surface area (Å²) in [7, 11) is 0. The first kappa shape index (κ1) is 22.5. The number of hydrogen-bond acceptors (Lipinski definition) is 4. The Kier molecular flexibility index (Phi) is 7.70. The van der Waals surface area contributed by atoms with Crippen LogP contribution in [-0.2, 0) is 16.1 Å². The fourth-order valence-electron chi connectivity index (χ4n) is 4.45. The summed E-state index contributed by atoms with van der Waals surface area (Å²) in [5, 5.41) is 13.6. The molecule has 0 amide bonds. The summed E-state index contributed by atoms with van der Waals surface area (Å²) in [6.45, 7) is 8.04. The molecule has 5 nitrogen and oxygen atoms in total. The highest BCUT2D eigenvalue weighted by atomic mass is 16.5. The van der Waals surface area contributed by atoms with Crippen LogP contribution in [0.5, 0.6) is 0 Å². The first-order valence-corrected chi connectivity index (χ1v) is 11.1. The van der Waals surface area contributed by atoms with Crippen LogP contribution in [0.2, 0.25) is 0 Å². The third-order valence-electron chi connectivity index (χ3n) is 5.88. The predicted molar refractivity (Wildman–Crippen MR) is 116 cm³/mol. The van der Waals surface area contributed by atoms with E-state index in [1.165, 1.54) is 6.42 Å². The van der Waals surface area contributed by atoms with Gasteiger partial charge in [0.1, 0.15) is 5.76 Å². The molecule has 0 unspecified atom stereocenters. The average Bonchev–Trinajstić information content (AvgIpc) is 3.12. The van der Waals surface area contributed by atoms with Gasteiger partial charge in [-0.1, -0.05) is 56.3 Å². The maximum atomic E-state index is 11.3. The summed E-state index contributed by atoms with van der Waals surface area (Å²) in [6.07, 6.45) is 5.11. The Labute approximate surface area is 179 Å². The third-order valence-corrected chi connectivity index (χ3v) is 5.88. The van der Waals surface area contributed by atoms with Gasteiger partial charge in [-0.2, -0.15) is 0 Å². The zero-order valence-corrected chi connectivity index (χ0v) is 18.5. The second-order valence-corrected chi connectivity index (χ2v) is 9.93. The summed E-state index contributed by atoms with van der Waals surface area (Å²) in [6, 6.07) is 12.1. The van der Waals surface area contributed by atoms with Crippen LogP contribution in [0.25, 0.3) is 0 Å². The Bertz CT molecular complexity index is 787. The van der Waals surface area contributed by atoms with E-state index in [0.717, 1.165) is 36.4 Å². The van der Waals surface area contributed by atoms with E-state index in [1.54, 1.807) is 0 Å². The first-order valence-electron chi connectivity index (χ1n) is 11.1. The van der Waals surface area contributed by atoms with Gasteiger partial charge in [0.15, 0.2) is 0 Å². The molecule has 2 aromatic rings. The van der Waals surface area contributed by atoms with Crippen molar-refractivity contribution >= 4 is 5.97 Å². The van der Waals surface area contributed by atoms with E-state index < -0.39 is 5.97 Å². The van der Waals surface area contributed by atoms with Gasteiger partial charge in [0.05, 0.1) is 18.7 Å². The van der Waals surface area contributed by atoms with Crippen molar-refractivity contribution in [3.05, 3.63) is 53.4 Å². The highest BCUT2D eigenvalue weighted by molar-refractivity contribution is 5.67. The fraction of sp³-hybridized carbons (Fsp3) is 0.600. The number of ether oxygens (including phenoxy) is 1. The molecule has 1 aromatic heterocycles. The van der Waals surface area contributed by atoms with Crippen molar-refractivity contribution in [3.63, 3.8) is 0 Å². The van der Waals surface area contributed by atoms with Crippen molar-refractivity contribution in [2.45, 2.75) is 77.7 Å². The summed E-state index contributed by atoms with van der Waals surface area (Å²) in [5.74, 6) is 0.947. The van der Waals surface area contributed by atoms with Crippen molar-refractivity contribution in [3.8, 4) is 0 Å². The van der Waals surface area contributed by atoms with E-state index in [1.807, 2.05) is 36.4 Å². The molecule has 1 fully saturated rings. The Balaban J connectivity index is 1.46. The standard InChI is InChI=1S/C25H35NO4/c1-25(2,3)16-19-12-21(13-19)22-15-23(30-26-22)20(14-24(27)28)10-7-11-29-17-18-8-5-4-6-9-18/h4-6,8-9,15,19-21H,7,10-14,16-17H2,1-3H3,(H,27,28)/t19?,20-,21?/m0/s1. The van der Waals surface area contributed by atoms with E-state index in [0.29, 0.717) is 36.7 Å². The lowest BCUT2D eigenvalue weighted by Gasteiger charge is -2.37. The molecule has 0 aliphatic heterocycles. The summed E-state index contributed by atoms with van der Waals surface area (Å²) >= 11 is 0. The van der Waals surface area contributed by atoms with Crippen molar-refractivity contribution < 1.29 is 19.2 Å². The second kappa shape index (κ2) is 10.3. The van der Waals surface area contributed by atoms with E-state index in [4.69, 9.17) is 9.26 Å². The van der Waals surface area contributed by atoms with Gasteiger partial charge in [-0.15, -0.1) is 0 Å². The molecule has 1 aliphatic rings. The summed E-state index contributed by atoms with van der Waals surface area (Å²) < 4.78 is 11.3. The van der Waals surface area contributed by atoms with E-state index in [2.05, 4.69) is 25.9 Å². The van der Waals surface area contributed by atoms with E-state index >= 15 is 0 Å². The number of aliphatic carboxylic acids is 1. The molecular weight excluding hydrogens is 378 g/mol. The van der Waals surface area contributed by atoms with Crippen molar-refractivity contribution in [1.29, 1.82) is 0 Å². The van der Waals surface area contributed by atoms with Crippen molar-refractivity contribution in [2.24, 2.45) is 11.3 Å². The second-order valence-electron chi connectivity index (χ2n) is 9.93. The summed E-state index contributed by atoms with van der Waals surface area (Å²) in [4.78, 5) is 11.3. The molecule has 164 valence electrons. The van der Waals surface area contributed by atoms with Gasteiger partial charge in [0.25, 0.3) is 0 Å². The van der Waals surface area contributed by atoms with Crippen LogP contribution in [0.1, 0.15) is 88.1 Å². The Morgan fingerprint density at radius 1 is 1.27 bits per heavy atom. The van der Waals surface area contributed by atoms with Crippen molar-refractivity contribution in [1.82, 2.24) is 5.16 Å². The lowest BCUT2D eigenvalue weighted by Crippen LogP contribution is -2.26. The Morgan fingerprint density at radius 3 is 2.67 bits per heavy atom. The summed E-state index contributed by atoms with van der Waals surface area (Å²) in [5.41, 5.74) is 2.50. The highest BCUT2D eigenvalue weighted by Crippen LogP contribution is 2.46. The van der Waals surface area contributed by atoms with Crippen LogP contribution in [0.4, 0.5) is 0 Å². The molecule has 1 saturated carbocycles. The maximum absolute atomic E-state index is 11.3. The van der Waals surface area contributed by atoms with Gasteiger partial charge in [0.2, 0.25) is 0 Å². The van der Waals surface area contributed by atoms with Gasteiger partial charge >= 0.3 is 5.97 Å². The maximum Gasteiger partial charge on any atom is 0.304 e. The molecule has 1 heterocycles. The van der Waals surface area contributed by atoms with Crippen LogP contribution >= 0.6 is 0 Å². The number of nitrogens with zero attached hydrogens (tertiary/aromatic N) is 1. The minimum atomic E-state index is -0.808. The minimum absolute atomic E-state index is 0.0602. The number of hydrogen-bond donors (Lipinski definition) is 1. The fourth-order valence-corrected chi connectivity index (χ4v) is 4.45. The van der Waals surface area contributed by atoms with Crippen LogP contribution in [-0.4, -0.2) is 22.8 Å². The van der Waals surface area contributed by atoms with Gasteiger partial charge < -0.3 is 14.4 Å². The minimum Gasteiger partial charge on any atom is -0.481 e. The van der Waals surface area contributed by atoms with Crippen LogP contribution in [0.15, 0.2) is 40.9 Å². The zero-order chi connectivity index (χ0) is 21.6. The normalized spacial score (nSPS) is 20.0. The van der Waals surface area contributed by atoms with Gasteiger partial charge in [-0.05, 0) is 49.0 Å². The van der Waals surface area contributed by atoms with Gasteiger partial charge in [-0.3, -0.25) is 4.79 Å². The third kappa shape index (κ3) is 6.98. The molecule has 1 N–H and O–H groups in total. The monoisotopic (exact) mass is 413 g/mol. The van der Waals surface area contributed by atoms with E-state index in [9.17, 15) is 9.90 Å². The molecule has 1 aliphatic carbocycles. The molecule has 1 aromatic carbocycles. The van der Waals surface area contributed by atoms with Gasteiger partial charge in [0, 0.05) is 24.5 Å². The number of aromatic nitrogens is 1. The molecular formula is C25H35NO4. The zero-order valence-electron chi connectivity index (χ0n) is 18.5. The average molecular weight is 414 g/mol. The predicted octanol–water partition coefficient (Wildman–Crippen LogP) is 6.16. The number of carbonyl (C=O) groups is 1. The Hall–Kier alpha value is -2.14. The molecule has 1 atom stereocenters. The molecule has 30 heavy (non-hydrogen) atoms. The van der Waals surface area contributed by atoms with E-state index in [-0.39, 0.29) is 12.3 Å². The largest absolute Gasteiger partial charge is 0.481 e. The number of rotatable bonds is 11. The topological polar surface area (TPSA) is 72.6 Å². The quantitative estimate of drug-likeness (QED) is 0.447. The molecule has 0 saturated heterocycles. The first-order chi connectivity index (χ1) is 14.3. The SMILES string of the molecule is CC(C)(C)CC1CC(c2cc([C@@H](CCCOCc3ccccc3)CC(=O)O)on2)C1. The van der Waals surface area contributed by atoms with Crippen molar-refractivity contribution in [2.75, 3.05) is 6.61 Å². The smallest absolute Gasteiger partial charge is 0.304 e. The number of benzene rings is 1.